The first kappa shape index (κ1) is 15.4. The molecule has 2 heterocycles. The zero-order valence-electron chi connectivity index (χ0n) is 14.0. The number of benzene rings is 2. The number of hydrogen-bond acceptors (Lipinski definition) is 2. The lowest BCUT2D eigenvalue weighted by atomic mass is 9.95. The maximum atomic E-state index is 13.0. The summed E-state index contributed by atoms with van der Waals surface area (Å²) in [6.07, 6.45) is 0. The van der Waals surface area contributed by atoms with Gasteiger partial charge in [-0.05, 0) is 18.1 Å². The molecular weight excluding hydrogens is 314 g/mol. The molecule has 5 heteroatoms. The molecule has 0 radical (unpaired) electrons. The number of rotatable bonds is 3. The average Bonchev–Trinajstić information content (AvgIpc) is 2.91. The third kappa shape index (κ3) is 2.89. The summed E-state index contributed by atoms with van der Waals surface area (Å²) in [5.74, 6) is -0.0306. The number of nitrogens with one attached hydrogen (secondary N) is 2. The molecule has 2 N–H and O–H groups in total. The van der Waals surface area contributed by atoms with E-state index in [1.165, 1.54) is 0 Å². The molecule has 2 aromatic rings. The van der Waals surface area contributed by atoms with Gasteiger partial charge in [-0.2, -0.15) is 0 Å². The molecule has 2 aliphatic heterocycles. The van der Waals surface area contributed by atoms with E-state index in [0.717, 1.165) is 16.7 Å². The summed E-state index contributed by atoms with van der Waals surface area (Å²) in [7, 11) is 0. The number of carbonyl (C=O) groups excluding carboxylic acids is 2. The minimum absolute atomic E-state index is 0.0306. The molecule has 0 spiro atoms. The van der Waals surface area contributed by atoms with Crippen LogP contribution in [0.15, 0.2) is 65.9 Å². The van der Waals surface area contributed by atoms with Crippen LogP contribution in [-0.4, -0.2) is 23.4 Å². The largest absolute Gasteiger partial charge is 0.329 e. The van der Waals surface area contributed by atoms with E-state index < -0.39 is 6.04 Å². The van der Waals surface area contributed by atoms with Crippen molar-refractivity contribution < 1.29 is 9.59 Å². The summed E-state index contributed by atoms with van der Waals surface area (Å²) in [6.45, 7) is 2.97. The standard InChI is InChI=1S/C20H19N3O2/c1-13-7-9-15(10-8-13)18-17-16(21-20(25)22-18)12-23(19(17)24)11-14-5-3-2-4-6-14/h2-10,18H,11-12H2,1H3,(H2,21,22,25)/t18-/m0/s1. The van der Waals surface area contributed by atoms with Crippen LogP contribution in [0.1, 0.15) is 22.7 Å². The Morgan fingerprint density at radius 1 is 1.04 bits per heavy atom. The first-order chi connectivity index (χ1) is 12.1. The van der Waals surface area contributed by atoms with Crippen LogP contribution < -0.4 is 10.6 Å². The van der Waals surface area contributed by atoms with Gasteiger partial charge in [0.05, 0.1) is 23.9 Å². The zero-order chi connectivity index (χ0) is 17.4. The lowest BCUT2D eigenvalue weighted by molar-refractivity contribution is -0.126. The summed E-state index contributed by atoms with van der Waals surface area (Å²) in [5.41, 5.74) is 4.47. The Bertz CT molecular complexity index is 856. The van der Waals surface area contributed by atoms with Gasteiger partial charge in [0.1, 0.15) is 0 Å². The van der Waals surface area contributed by atoms with Crippen LogP contribution in [0.25, 0.3) is 0 Å². The molecule has 0 saturated carbocycles. The molecular formula is C20H19N3O2. The van der Waals surface area contributed by atoms with Crippen molar-refractivity contribution in [3.05, 3.63) is 82.6 Å². The minimum atomic E-state index is -0.405. The molecule has 4 rings (SSSR count). The Hall–Kier alpha value is -3.08. The van der Waals surface area contributed by atoms with Crippen LogP contribution in [0.4, 0.5) is 4.79 Å². The third-order valence-electron chi connectivity index (χ3n) is 4.65. The smallest absolute Gasteiger partial charge is 0.319 e. The summed E-state index contributed by atoms with van der Waals surface area (Å²) in [6, 6.07) is 17.1. The predicted molar refractivity (Wildman–Crippen MR) is 94.5 cm³/mol. The normalized spacial score (nSPS) is 19.6. The average molecular weight is 333 g/mol. The van der Waals surface area contributed by atoms with Crippen LogP contribution in [0.5, 0.6) is 0 Å². The molecule has 0 aromatic heterocycles. The second-order valence-electron chi connectivity index (χ2n) is 6.48. The molecule has 1 atom stereocenters. The van der Waals surface area contributed by atoms with Crippen molar-refractivity contribution in [2.45, 2.75) is 19.5 Å². The molecule has 0 saturated heterocycles. The van der Waals surface area contributed by atoms with Crippen molar-refractivity contribution in [1.29, 1.82) is 0 Å². The van der Waals surface area contributed by atoms with Crippen molar-refractivity contribution >= 4 is 11.9 Å². The Labute approximate surface area is 146 Å². The van der Waals surface area contributed by atoms with Gasteiger partial charge >= 0.3 is 6.03 Å². The van der Waals surface area contributed by atoms with Crippen LogP contribution in [-0.2, 0) is 11.3 Å². The number of urea groups is 1. The van der Waals surface area contributed by atoms with E-state index in [4.69, 9.17) is 0 Å². The number of amides is 3. The number of carbonyl (C=O) groups is 2. The van der Waals surface area contributed by atoms with Crippen LogP contribution >= 0.6 is 0 Å². The van der Waals surface area contributed by atoms with Gasteiger partial charge in [0.25, 0.3) is 5.91 Å². The molecule has 3 amide bonds. The fourth-order valence-electron chi connectivity index (χ4n) is 3.37. The molecule has 0 unspecified atom stereocenters. The predicted octanol–water partition coefficient (Wildman–Crippen LogP) is 2.65. The second-order valence-corrected chi connectivity index (χ2v) is 6.48. The topological polar surface area (TPSA) is 61.4 Å². The zero-order valence-corrected chi connectivity index (χ0v) is 14.0. The maximum absolute atomic E-state index is 13.0. The first-order valence-corrected chi connectivity index (χ1v) is 8.32. The monoisotopic (exact) mass is 333 g/mol. The fourth-order valence-corrected chi connectivity index (χ4v) is 3.37. The molecule has 0 fully saturated rings. The summed E-state index contributed by atoms with van der Waals surface area (Å²) < 4.78 is 0. The van der Waals surface area contributed by atoms with Crippen molar-refractivity contribution in [1.82, 2.24) is 15.5 Å². The van der Waals surface area contributed by atoms with Gasteiger partial charge in [-0.15, -0.1) is 0 Å². The molecule has 5 nitrogen and oxygen atoms in total. The highest BCUT2D eigenvalue weighted by Crippen LogP contribution is 2.33. The van der Waals surface area contributed by atoms with Crippen molar-refractivity contribution in [2.24, 2.45) is 0 Å². The Morgan fingerprint density at radius 2 is 1.76 bits per heavy atom. The highest BCUT2D eigenvalue weighted by Gasteiger charge is 2.40. The van der Waals surface area contributed by atoms with Gasteiger partial charge < -0.3 is 15.5 Å². The van der Waals surface area contributed by atoms with E-state index in [-0.39, 0.29) is 11.9 Å². The van der Waals surface area contributed by atoms with Crippen LogP contribution in [0.2, 0.25) is 0 Å². The summed E-state index contributed by atoms with van der Waals surface area (Å²) in [4.78, 5) is 26.8. The highest BCUT2D eigenvalue weighted by molar-refractivity contribution is 6.01. The second kappa shape index (κ2) is 6.09. The van der Waals surface area contributed by atoms with E-state index in [1.54, 1.807) is 4.90 Å². The van der Waals surface area contributed by atoms with Gasteiger partial charge in [-0.1, -0.05) is 60.2 Å². The Morgan fingerprint density at radius 3 is 2.48 bits per heavy atom. The fraction of sp³-hybridized carbons (Fsp3) is 0.200. The quantitative estimate of drug-likeness (QED) is 0.907. The maximum Gasteiger partial charge on any atom is 0.319 e. The lowest BCUT2D eigenvalue weighted by Crippen LogP contribution is -2.44. The number of hydrogen-bond donors (Lipinski definition) is 2. The minimum Gasteiger partial charge on any atom is -0.329 e. The Balaban J connectivity index is 1.63. The molecule has 0 bridgehead atoms. The van der Waals surface area contributed by atoms with Crippen LogP contribution in [0, 0.1) is 6.92 Å². The van der Waals surface area contributed by atoms with Gasteiger partial charge in [-0.25, -0.2) is 4.79 Å². The van der Waals surface area contributed by atoms with Gasteiger partial charge in [0, 0.05) is 6.54 Å². The van der Waals surface area contributed by atoms with E-state index in [0.29, 0.717) is 24.4 Å². The van der Waals surface area contributed by atoms with Gasteiger partial charge in [-0.3, -0.25) is 4.79 Å². The summed E-state index contributed by atoms with van der Waals surface area (Å²) >= 11 is 0. The molecule has 2 aliphatic rings. The highest BCUT2D eigenvalue weighted by atomic mass is 16.2. The third-order valence-corrected chi connectivity index (χ3v) is 4.65. The molecule has 126 valence electrons. The van der Waals surface area contributed by atoms with Crippen molar-refractivity contribution in [3.63, 3.8) is 0 Å². The van der Waals surface area contributed by atoms with Crippen molar-refractivity contribution in [3.8, 4) is 0 Å². The van der Waals surface area contributed by atoms with Gasteiger partial charge in [0.2, 0.25) is 0 Å². The van der Waals surface area contributed by atoms with Crippen molar-refractivity contribution in [2.75, 3.05) is 6.54 Å². The van der Waals surface area contributed by atoms with E-state index in [1.807, 2.05) is 61.5 Å². The SMILES string of the molecule is Cc1ccc([C@@H]2NC(=O)NC3=C2C(=O)N(Cc2ccccc2)C3)cc1. The molecule has 2 aromatic carbocycles. The molecule has 0 aliphatic carbocycles. The van der Waals surface area contributed by atoms with Gasteiger partial charge in [0.15, 0.2) is 0 Å². The first-order valence-electron chi connectivity index (χ1n) is 8.32. The van der Waals surface area contributed by atoms with E-state index in [2.05, 4.69) is 10.6 Å². The van der Waals surface area contributed by atoms with E-state index in [9.17, 15) is 9.59 Å². The number of nitrogens with zero attached hydrogens (tertiary/aromatic N) is 1. The van der Waals surface area contributed by atoms with E-state index >= 15 is 0 Å². The summed E-state index contributed by atoms with van der Waals surface area (Å²) in [5, 5.41) is 5.69. The number of aryl methyl sites for hydroxylation is 1. The Kier molecular flexibility index (Phi) is 3.76. The molecule has 25 heavy (non-hydrogen) atoms. The van der Waals surface area contributed by atoms with Crippen LogP contribution in [0.3, 0.4) is 0 Å². The lowest BCUT2D eigenvalue weighted by Gasteiger charge is -2.25.